The van der Waals surface area contributed by atoms with Gasteiger partial charge in [0.2, 0.25) is 5.91 Å². The lowest BCUT2D eigenvalue weighted by atomic mass is 10.0. The van der Waals surface area contributed by atoms with E-state index in [1.54, 1.807) is 6.07 Å². The number of aryl methyl sites for hydroxylation is 1. The Hall–Kier alpha value is -1.55. The third kappa shape index (κ3) is 4.56. The molecule has 1 aromatic carbocycles. The van der Waals surface area contributed by atoms with Crippen molar-refractivity contribution in [3.05, 3.63) is 29.3 Å². The summed E-state index contributed by atoms with van der Waals surface area (Å²) in [5.74, 6) is -0.0702. The maximum absolute atomic E-state index is 11.2. The highest BCUT2D eigenvalue weighted by molar-refractivity contribution is 5.76. The Morgan fingerprint density at radius 1 is 1.47 bits per heavy atom. The Kier molecular flexibility index (Phi) is 5.83. The van der Waals surface area contributed by atoms with Gasteiger partial charge in [-0.15, -0.1) is 0 Å². The minimum absolute atomic E-state index is 0.0288. The van der Waals surface area contributed by atoms with Gasteiger partial charge in [-0.1, -0.05) is 31.0 Å². The zero-order valence-corrected chi connectivity index (χ0v) is 12.0. The van der Waals surface area contributed by atoms with Gasteiger partial charge in [0.15, 0.2) is 0 Å². The van der Waals surface area contributed by atoms with Crippen molar-refractivity contribution >= 4 is 5.91 Å². The Morgan fingerprint density at radius 2 is 2.16 bits per heavy atom. The largest absolute Gasteiger partial charge is 0.508 e. The third-order valence-corrected chi connectivity index (χ3v) is 3.34. The molecule has 0 aliphatic heterocycles. The molecule has 1 aromatic rings. The smallest absolute Gasteiger partial charge is 0.231 e. The molecule has 1 rings (SSSR count). The van der Waals surface area contributed by atoms with Crippen molar-refractivity contribution in [2.45, 2.75) is 39.7 Å². The first-order valence-electron chi connectivity index (χ1n) is 6.77. The molecule has 4 nitrogen and oxygen atoms in total. The Morgan fingerprint density at radius 3 is 2.74 bits per heavy atom. The van der Waals surface area contributed by atoms with Gasteiger partial charge in [0, 0.05) is 11.6 Å². The van der Waals surface area contributed by atoms with Crippen LogP contribution in [-0.4, -0.2) is 29.0 Å². The van der Waals surface area contributed by atoms with Gasteiger partial charge in [-0.2, -0.15) is 0 Å². The number of phenolic OH excluding ortho intramolecular Hbond substituents is 1. The SMILES string of the molecule is CCCCN(CC(N)=O)C(C)c1cc(C)ccc1O. The number of unbranched alkanes of at least 4 members (excludes halogenated alkanes) is 1. The van der Waals surface area contributed by atoms with Gasteiger partial charge in [-0.3, -0.25) is 9.69 Å². The van der Waals surface area contributed by atoms with Crippen LogP contribution in [0.1, 0.15) is 43.9 Å². The predicted molar refractivity (Wildman–Crippen MR) is 76.9 cm³/mol. The van der Waals surface area contributed by atoms with E-state index in [1.165, 1.54) is 0 Å². The van der Waals surface area contributed by atoms with E-state index in [0.717, 1.165) is 30.5 Å². The van der Waals surface area contributed by atoms with Gasteiger partial charge in [-0.25, -0.2) is 0 Å². The van der Waals surface area contributed by atoms with Gasteiger partial charge < -0.3 is 10.8 Å². The molecule has 0 fully saturated rings. The van der Waals surface area contributed by atoms with E-state index in [2.05, 4.69) is 6.92 Å². The monoisotopic (exact) mass is 264 g/mol. The molecule has 0 saturated heterocycles. The fraction of sp³-hybridized carbons (Fsp3) is 0.533. The average molecular weight is 264 g/mol. The first-order chi connectivity index (χ1) is 8.95. The zero-order valence-electron chi connectivity index (χ0n) is 12.0. The number of nitrogens with two attached hydrogens (primary N) is 1. The number of primary amides is 1. The molecule has 0 bridgehead atoms. The van der Waals surface area contributed by atoms with E-state index in [0.29, 0.717) is 0 Å². The van der Waals surface area contributed by atoms with Crippen LogP contribution in [0.3, 0.4) is 0 Å². The topological polar surface area (TPSA) is 66.6 Å². The summed E-state index contributed by atoms with van der Waals surface area (Å²) in [5, 5.41) is 9.97. The highest BCUT2D eigenvalue weighted by Gasteiger charge is 2.19. The van der Waals surface area contributed by atoms with Gasteiger partial charge in [0.1, 0.15) is 5.75 Å². The number of rotatable bonds is 7. The molecule has 106 valence electrons. The van der Waals surface area contributed by atoms with Gasteiger partial charge in [0.25, 0.3) is 0 Å². The average Bonchev–Trinajstić information content (AvgIpc) is 2.36. The normalized spacial score (nSPS) is 12.6. The van der Waals surface area contributed by atoms with Crippen molar-refractivity contribution in [2.75, 3.05) is 13.1 Å². The quantitative estimate of drug-likeness (QED) is 0.794. The number of amides is 1. The Bertz CT molecular complexity index is 432. The van der Waals surface area contributed by atoms with E-state index < -0.39 is 0 Å². The van der Waals surface area contributed by atoms with Crippen LogP contribution in [0.25, 0.3) is 0 Å². The number of carbonyl (C=O) groups excluding carboxylic acids is 1. The molecule has 0 aliphatic carbocycles. The molecule has 3 N–H and O–H groups in total. The molecule has 0 radical (unpaired) electrons. The maximum Gasteiger partial charge on any atom is 0.231 e. The summed E-state index contributed by atoms with van der Waals surface area (Å²) in [4.78, 5) is 13.2. The molecule has 0 aromatic heterocycles. The summed E-state index contributed by atoms with van der Waals surface area (Å²) in [5.41, 5.74) is 7.24. The molecule has 19 heavy (non-hydrogen) atoms. The predicted octanol–water partition coefficient (Wildman–Crippen LogP) is 2.35. The highest BCUT2D eigenvalue weighted by Crippen LogP contribution is 2.29. The van der Waals surface area contributed by atoms with Crippen LogP contribution < -0.4 is 5.73 Å². The minimum Gasteiger partial charge on any atom is -0.508 e. The molecule has 0 spiro atoms. The zero-order chi connectivity index (χ0) is 14.4. The molecule has 0 heterocycles. The van der Waals surface area contributed by atoms with Crippen molar-refractivity contribution in [2.24, 2.45) is 5.73 Å². The lowest BCUT2D eigenvalue weighted by Gasteiger charge is -2.28. The molecular formula is C15H24N2O2. The van der Waals surface area contributed by atoms with Crippen LogP contribution in [0.4, 0.5) is 0 Å². The van der Waals surface area contributed by atoms with Crippen molar-refractivity contribution in [1.82, 2.24) is 4.90 Å². The molecule has 1 atom stereocenters. The molecular weight excluding hydrogens is 240 g/mol. The summed E-state index contributed by atoms with van der Waals surface area (Å²) in [6.07, 6.45) is 2.06. The standard InChI is InChI=1S/C15H24N2O2/c1-4-5-8-17(10-15(16)19)12(3)13-9-11(2)6-7-14(13)18/h6-7,9,12,18H,4-5,8,10H2,1-3H3,(H2,16,19). The second-order valence-corrected chi connectivity index (χ2v) is 5.03. The molecule has 1 unspecified atom stereocenters. The van der Waals surface area contributed by atoms with Crippen molar-refractivity contribution in [3.8, 4) is 5.75 Å². The van der Waals surface area contributed by atoms with Crippen molar-refractivity contribution < 1.29 is 9.90 Å². The number of phenols is 1. The van der Waals surface area contributed by atoms with E-state index in [9.17, 15) is 9.90 Å². The van der Waals surface area contributed by atoms with E-state index in [4.69, 9.17) is 5.73 Å². The third-order valence-electron chi connectivity index (χ3n) is 3.34. The first kappa shape index (κ1) is 15.5. The van der Waals surface area contributed by atoms with Crippen molar-refractivity contribution in [1.29, 1.82) is 0 Å². The number of nitrogens with zero attached hydrogens (tertiary/aromatic N) is 1. The number of aromatic hydroxyl groups is 1. The number of carbonyl (C=O) groups is 1. The van der Waals surface area contributed by atoms with Crippen LogP contribution in [0.2, 0.25) is 0 Å². The number of hydrogen-bond donors (Lipinski definition) is 2. The highest BCUT2D eigenvalue weighted by atomic mass is 16.3. The molecule has 4 heteroatoms. The van der Waals surface area contributed by atoms with E-state index >= 15 is 0 Å². The number of hydrogen-bond acceptors (Lipinski definition) is 3. The lowest BCUT2D eigenvalue weighted by Crippen LogP contribution is -2.36. The molecule has 0 saturated carbocycles. The Labute approximate surface area is 115 Å². The lowest BCUT2D eigenvalue weighted by molar-refractivity contribution is -0.119. The van der Waals surface area contributed by atoms with Gasteiger partial charge in [0.05, 0.1) is 6.54 Å². The molecule has 0 aliphatic rings. The minimum atomic E-state index is -0.338. The summed E-state index contributed by atoms with van der Waals surface area (Å²) in [7, 11) is 0. The van der Waals surface area contributed by atoms with E-state index in [-0.39, 0.29) is 24.2 Å². The summed E-state index contributed by atoms with van der Waals surface area (Å²) < 4.78 is 0. The second-order valence-electron chi connectivity index (χ2n) is 5.03. The van der Waals surface area contributed by atoms with Gasteiger partial charge >= 0.3 is 0 Å². The van der Waals surface area contributed by atoms with Crippen molar-refractivity contribution in [3.63, 3.8) is 0 Å². The maximum atomic E-state index is 11.2. The fourth-order valence-corrected chi connectivity index (χ4v) is 2.18. The number of benzene rings is 1. The fourth-order valence-electron chi connectivity index (χ4n) is 2.18. The van der Waals surface area contributed by atoms with Crippen LogP contribution in [0.15, 0.2) is 18.2 Å². The summed E-state index contributed by atoms with van der Waals surface area (Å²) >= 11 is 0. The van der Waals surface area contributed by atoms with Gasteiger partial charge in [-0.05, 0) is 32.9 Å². The van der Waals surface area contributed by atoms with Crippen LogP contribution in [0, 0.1) is 6.92 Å². The second kappa shape index (κ2) is 7.14. The van der Waals surface area contributed by atoms with Crippen LogP contribution in [0.5, 0.6) is 5.75 Å². The summed E-state index contributed by atoms with van der Waals surface area (Å²) in [6, 6.07) is 5.50. The van der Waals surface area contributed by atoms with Crippen LogP contribution >= 0.6 is 0 Å². The van der Waals surface area contributed by atoms with Crippen LogP contribution in [-0.2, 0) is 4.79 Å². The molecule has 1 amide bonds. The Balaban J connectivity index is 2.93. The first-order valence-corrected chi connectivity index (χ1v) is 6.77. The summed E-state index contributed by atoms with van der Waals surface area (Å²) in [6.45, 7) is 7.10. The van der Waals surface area contributed by atoms with E-state index in [1.807, 2.05) is 30.9 Å².